The summed E-state index contributed by atoms with van der Waals surface area (Å²) < 4.78 is 10.7. The number of hydrogen-bond donors (Lipinski definition) is 1. The molecule has 1 amide bonds. The summed E-state index contributed by atoms with van der Waals surface area (Å²) in [7, 11) is 3.12. The predicted molar refractivity (Wildman–Crippen MR) is 103 cm³/mol. The molecule has 1 aromatic carbocycles. The molecule has 144 valence electrons. The summed E-state index contributed by atoms with van der Waals surface area (Å²) in [6, 6.07) is 7.17. The number of thiophene rings is 1. The molecule has 1 aromatic heterocycles. The van der Waals surface area contributed by atoms with Crippen molar-refractivity contribution in [2.24, 2.45) is 0 Å². The Kier molecular flexibility index (Phi) is 6.01. The minimum absolute atomic E-state index is 0.0184. The van der Waals surface area contributed by atoms with Crippen LogP contribution in [-0.2, 0) is 22.4 Å². The molecule has 1 atom stereocenters. The van der Waals surface area contributed by atoms with E-state index in [0.717, 1.165) is 16.0 Å². The molecule has 1 aliphatic heterocycles. The second-order valence-corrected chi connectivity index (χ2v) is 7.47. The van der Waals surface area contributed by atoms with E-state index in [0.29, 0.717) is 37.3 Å². The molecule has 3 rings (SSSR count). The van der Waals surface area contributed by atoms with Gasteiger partial charge in [-0.25, -0.2) is 0 Å². The zero-order valence-electron chi connectivity index (χ0n) is 15.4. The highest BCUT2D eigenvalue weighted by atomic mass is 32.1. The lowest BCUT2D eigenvalue weighted by molar-refractivity contribution is -0.141. The number of carbonyl (C=O) groups is 2. The van der Waals surface area contributed by atoms with E-state index in [1.807, 2.05) is 23.6 Å². The molecule has 0 unspecified atom stereocenters. The predicted octanol–water partition coefficient (Wildman–Crippen LogP) is 3.30. The Morgan fingerprint density at radius 3 is 2.63 bits per heavy atom. The normalized spacial score (nSPS) is 15.9. The number of nitrogens with zero attached hydrogens (tertiary/aromatic N) is 1. The fraction of sp³-hybridized carbons (Fsp3) is 0.400. The van der Waals surface area contributed by atoms with E-state index in [1.165, 1.54) is 0 Å². The lowest BCUT2D eigenvalue weighted by atomic mass is 9.89. The number of carboxylic acids is 1. The standard InChI is InChI=1S/C20H23NO5S/c1-25-17-10-13-7-8-21(19(22)6-5-14-4-3-9-27-14)16(12-20(23)24)15(13)11-18(17)26-2/h3-4,9-11,16H,5-8,12H2,1-2H3,(H,23,24)/t16-/m0/s1. The molecule has 0 radical (unpaired) electrons. The van der Waals surface area contributed by atoms with Gasteiger partial charge < -0.3 is 19.5 Å². The lowest BCUT2D eigenvalue weighted by Crippen LogP contribution is -2.41. The van der Waals surface area contributed by atoms with E-state index in [-0.39, 0.29) is 12.3 Å². The van der Waals surface area contributed by atoms with E-state index in [9.17, 15) is 14.7 Å². The van der Waals surface area contributed by atoms with Gasteiger partial charge in [0, 0.05) is 17.8 Å². The number of fused-ring (bicyclic) bond motifs is 1. The van der Waals surface area contributed by atoms with Gasteiger partial charge >= 0.3 is 5.97 Å². The quantitative estimate of drug-likeness (QED) is 0.786. The van der Waals surface area contributed by atoms with E-state index in [2.05, 4.69) is 0 Å². The van der Waals surface area contributed by atoms with Crippen LogP contribution in [0.15, 0.2) is 29.6 Å². The zero-order chi connectivity index (χ0) is 19.4. The Labute approximate surface area is 162 Å². The molecule has 2 aromatic rings. The van der Waals surface area contributed by atoms with Crippen molar-refractivity contribution in [2.75, 3.05) is 20.8 Å². The molecule has 0 saturated carbocycles. The Morgan fingerprint density at radius 2 is 2.00 bits per heavy atom. The van der Waals surface area contributed by atoms with Crippen LogP contribution in [0.2, 0.25) is 0 Å². The summed E-state index contributed by atoms with van der Waals surface area (Å²) in [4.78, 5) is 27.2. The first-order valence-corrected chi connectivity index (χ1v) is 9.70. The third-order valence-electron chi connectivity index (χ3n) is 4.86. The summed E-state index contributed by atoms with van der Waals surface area (Å²) in [5.41, 5.74) is 1.83. The van der Waals surface area contributed by atoms with Crippen LogP contribution in [0, 0.1) is 0 Å². The summed E-state index contributed by atoms with van der Waals surface area (Å²) in [6.45, 7) is 0.504. The van der Waals surface area contributed by atoms with Crippen molar-refractivity contribution in [1.82, 2.24) is 4.90 Å². The summed E-state index contributed by atoms with van der Waals surface area (Å²) in [5, 5.41) is 11.4. The number of hydrogen-bond acceptors (Lipinski definition) is 5. The number of methoxy groups -OCH3 is 2. The molecule has 6 nitrogen and oxygen atoms in total. The highest BCUT2D eigenvalue weighted by molar-refractivity contribution is 7.09. The summed E-state index contributed by atoms with van der Waals surface area (Å²) in [6.07, 6.45) is 1.58. The van der Waals surface area contributed by atoms with Crippen molar-refractivity contribution < 1.29 is 24.2 Å². The smallest absolute Gasteiger partial charge is 0.305 e. The van der Waals surface area contributed by atoms with Crippen LogP contribution in [0.3, 0.4) is 0 Å². The van der Waals surface area contributed by atoms with Crippen molar-refractivity contribution in [3.05, 3.63) is 45.6 Å². The molecular weight excluding hydrogens is 366 g/mol. The van der Waals surface area contributed by atoms with E-state index in [4.69, 9.17) is 9.47 Å². The highest BCUT2D eigenvalue weighted by Crippen LogP contribution is 2.39. The third-order valence-corrected chi connectivity index (χ3v) is 5.79. The average molecular weight is 389 g/mol. The molecule has 1 N–H and O–H groups in total. The van der Waals surface area contributed by atoms with Crippen LogP contribution < -0.4 is 9.47 Å². The fourth-order valence-corrected chi connectivity index (χ4v) is 4.25. The largest absolute Gasteiger partial charge is 0.493 e. The number of aryl methyl sites for hydroxylation is 1. The average Bonchev–Trinajstić information content (AvgIpc) is 3.18. The van der Waals surface area contributed by atoms with Crippen LogP contribution >= 0.6 is 11.3 Å². The molecule has 0 bridgehead atoms. The first-order chi connectivity index (χ1) is 13.0. The van der Waals surface area contributed by atoms with Gasteiger partial charge in [0.2, 0.25) is 5.91 Å². The molecule has 7 heteroatoms. The van der Waals surface area contributed by atoms with Crippen molar-refractivity contribution in [3.8, 4) is 11.5 Å². The Balaban J connectivity index is 1.87. The van der Waals surface area contributed by atoms with Crippen molar-refractivity contribution in [3.63, 3.8) is 0 Å². The molecule has 0 spiro atoms. The second-order valence-electron chi connectivity index (χ2n) is 6.44. The van der Waals surface area contributed by atoms with Gasteiger partial charge in [0.1, 0.15) is 0 Å². The van der Waals surface area contributed by atoms with Gasteiger partial charge in [0.15, 0.2) is 11.5 Å². The van der Waals surface area contributed by atoms with Crippen molar-refractivity contribution in [2.45, 2.75) is 31.7 Å². The first kappa shape index (κ1) is 19.2. The maximum atomic E-state index is 12.9. The van der Waals surface area contributed by atoms with Gasteiger partial charge in [-0.3, -0.25) is 9.59 Å². The minimum Gasteiger partial charge on any atom is -0.493 e. The highest BCUT2D eigenvalue weighted by Gasteiger charge is 2.33. The molecule has 2 heterocycles. The number of benzene rings is 1. The molecule has 0 saturated heterocycles. The molecule has 27 heavy (non-hydrogen) atoms. The maximum Gasteiger partial charge on any atom is 0.305 e. The number of amides is 1. The van der Waals surface area contributed by atoms with Gasteiger partial charge in [0.05, 0.1) is 26.7 Å². The number of carbonyl (C=O) groups excluding carboxylic acids is 1. The summed E-state index contributed by atoms with van der Waals surface area (Å²) >= 11 is 1.63. The fourth-order valence-electron chi connectivity index (χ4n) is 3.54. The van der Waals surface area contributed by atoms with Crippen LogP contribution in [0.25, 0.3) is 0 Å². The number of rotatable bonds is 7. The second kappa shape index (κ2) is 8.43. The lowest BCUT2D eigenvalue weighted by Gasteiger charge is -2.37. The first-order valence-electron chi connectivity index (χ1n) is 8.82. The van der Waals surface area contributed by atoms with Crippen LogP contribution in [0.5, 0.6) is 11.5 Å². The Morgan fingerprint density at radius 1 is 1.26 bits per heavy atom. The molecule has 0 aliphatic carbocycles. The molecule has 0 fully saturated rings. The Hall–Kier alpha value is -2.54. The van der Waals surface area contributed by atoms with Gasteiger partial charge in [-0.15, -0.1) is 11.3 Å². The Bertz CT molecular complexity index is 818. The van der Waals surface area contributed by atoms with Gasteiger partial charge in [-0.05, 0) is 47.5 Å². The zero-order valence-corrected chi connectivity index (χ0v) is 16.3. The molecular formula is C20H23NO5S. The number of carboxylic acid groups (broad SMARTS) is 1. The number of aliphatic carboxylic acids is 1. The van der Waals surface area contributed by atoms with E-state index < -0.39 is 12.0 Å². The topological polar surface area (TPSA) is 76.1 Å². The maximum absolute atomic E-state index is 12.9. The van der Waals surface area contributed by atoms with Gasteiger partial charge in [-0.2, -0.15) is 0 Å². The summed E-state index contributed by atoms with van der Waals surface area (Å²) in [5.74, 6) is 0.205. The molecule has 1 aliphatic rings. The minimum atomic E-state index is -0.932. The third kappa shape index (κ3) is 4.24. The van der Waals surface area contributed by atoms with E-state index in [1.54, 1.807) is 36.5 Å². The van der Waals surface area contributed by atoms with Crippen LogP contribution in [-0.4, -0.2) is 42.6 Å². The van der Waals surface area contributed by atoms with E-state index >= 15 is 0 Å². The number of ether oxygens (including phenoxy) is 2. The van der Waals surface area contributed by atoms with Crippen LogP contribution in [0.1, 0.15) is 34.9 Å². The van der Waals surface area contributed by atoms with Gasteiger partial charge in [-0.1, -0.05) is 6.07 Å². The van der Waals surface area contributed by atoms with Crippen molar-refractivity contribution in [1.29, 1.82) is 0 Å². The SMILES string of the molecule is COc1cc2c(cc1OC)[C@H](CC(=O)O)N(C(=O)CCc1cccs1)CC2. The monoisotopic (exact) mass is 389 g/mol. The van der Waals surface area contributed by atoms with Crippen LogP contribution in [0.4, 0.5) is 0 Å². The van der Waals surface area contributed by atoms with Crippen molar-refractivity contribution >= 4 is 23.2 Å². The van der Waals surface area contributed by atoms with Gasteiger partial charge in [0.25, 0.3) is 0 Å².